The second-order valence-corrected chi connectivity index (χ2v) is 23.9. The molecular weight excluding hydrogens is 501 g/mol. The molecular formula is C28H47NSSn. The molecule has 0 aliphatic heterocycles. The van der Waals surface area contributed by atoms with E-state index in [0.717, 1.165) is 0 Å². The Morgan fingerprint density at radius 2 is 1.29 bits per heavy atom. The molecule has 0 N–H and O–H groups in total. The number of hydrogen-bond acceptors (Lipinski definition) is 2. The number of aromatic nitrogens is 1. The number of aryl methyl sites for hydroxylation is 1. The summed E-state index contributed by atoms with van der Waals surface area (Å²) in [7, 11) is 0. The van der Waals surface area contributed by atoms with Gasteiger partial charge in [0.15, 0.2) is 0 Å². The van der Waals surface area contributed by atoms with Gasteiger partial charge in [0.2, 0.25) is 0 Å². The Morgan fingerprint density at radius 1 is 0.677 bits per heavy atom. The van der Waals surface area contributed by atoms with Crippen LogP contribution in [0.2, 0.25) is 13.3 Å². The molecule has 0 aromatic carbocycles. The Morgan fingerprint density at radius 3 is 1.84 bits per heavy atom. The van der Waals surface area contributed by atoms with Gasteiger partial charge in [-0.2, -0.15) is 0 Å². The van der Waals surface area contributed by atoms with Crippen LogP contribution in [-0.2, 0) is 6.42 Å². The molecule has 2 heterocycles. The van der Waals surface area contributed by atoms with E-state index in [9.17, 15) is 0 Å². The molecule has 0 fully saturated rings. The molecule has 174 valence electrons. The van der Waals surface area contributed by atoms with Crippen molar-refractivity contribution in [2.45, 2.75) is 118 Å². The summed E-state index contributed by atoms with van der Waals surface area (Å²) in [4.78, 5) is 7.92. The first-order chi connectivity index (χ1) is 15.2. The Hall–Kier alpha value is -0.351. The Balaban J connectivity index is 2.11. The number of nitrogens with zero attached hydrogens (tertiary/aromatic N) is 1. The third kappa shape index (κ3) is 8.84. The third-order valence-electron chi connectivity index (χ3n) is 6.84. The molecule has 0 radical (unpaired) electrons. The van der Waals surface area contributed by atoms with E-state index < -0.39 is 18.4 Å². The normalized spacial score (nSPS) is 11.9. The number of pyridine rings is 1. The molecule has 3 heteroatoms. The predicted molar refractivity (Wildman–Crippen MR) is 145 cm³/mol. The Bertz CT molecular complexity index is 684. The van der Waals surface area contributed by atoms with Crippen molar-refractivity contribution in [2.75, 3.05) is 0 Å². The van der Waals surface area contributed by atoms with Gasteiger partial charge in [0, 0.05) is 0 Å². The molecule has 0 bridgehead atoms. The summed E-state index contributed by atoms with van der Waals surface area (Å²) in [6.45, 7) is 9.36. The number of rotatable bonds is 17. The van der Waals surface area contributed by atoms with Crippen molar-refractivity contribution in [1.82, 2.24) is 4.98 Å². The molecule has 0 unspecified atom stereocenters. The van der Waals surface area contributed by atoms with Crippen molar-refractivity contribution in [3.8, 4) is 10.6 Å². The van der Waals surface area contributed by atoms with E-state index in [1.807, 2.05) is 11.3 Å². The Kier molecular flexibility index (Phi) is 13.4. The van der Waals surface area contributed by atoms with Crippen LogP contribution in [0.3, 0.4) is 0 Å². The first kappa shape index (κ1) is 26.9. The number of hydrogen-bond donors (Lipinski definition) is 0. The van der Waals surface area contributed by atoms with E-state index in [4.69, 9.17) is 4.98 Å². The minimum absolute atomic E-state index is 1.19. The van der Waals surface area contributed by atoms with E-state index >= 15 is 0 Å². The van der Waals surface area contributed by atoms with Gasteiger partial charge in [-0.05, 0) is 0 Å². The van der Waals surface area contributed by atoms with Crippen molar-refractivity contribution in [3.63, 3.8) is 0 Å². The maximum absolute atomic E-state index is 5.04. The monoisotopic (exact) mass is 549 g/mol. The first-order valence-corrected chi connectivity index (χ1v) is 21.5. The van der Waals surface area contributed by atoms with Gasteiger partial charge in [0.1, 0.15) is 0 Å². The molecule has 2 rings (SSSR count). The van der Waals surface area contributed by atoms with Gasteiger partial charge in [0.25, 0.3) is 0 Å². The molecule has 0 spiro atoms. The quantitative estimate of drug-likeness (QED) is 0.142. The van der Waals surface area contributed by atoms with Crippen LogP contribution in [0.5, 0.6) is 0 Å². The van der Waals surface area contributed by atoms with Crippen LogP contribution < -0.4 is 3.58 Å². The molecule has 0 saturated carbocycles. The van der Waals surface area contributed by atoms with Gasteiger partial charge in [-0.3, -0.25) is 0 Å². The fourth-order valence-corrected chi connectivity index (χ4v) is 21.4. The number of thiophene rings is 1. The molecule has 1 nitrogen and oxygen atoms in total. The molecule has 0 atom stereocenters. The van der Waals surface area contributed by atoms with Crippen molar-refractivity contribution < 1.29 is 0 Å². The van der Waals surface area contributed by atoms with E-state index in [1.54, 1.807) is 3.58 Å². The molecule has 0 aliphatic carbocycles. The summed E-state index contributed by atoms with van der Waals surface area (Å²) >= 11 is -0.387. The van der Waals surface area contributed by atoms with Crippen LogP contribution in [0.4, 0.5) is 0 Å². The molecule has 0 aliphatic rings. The van der Waals surface area contributed by atoms with Crippen molar-refractivity contribution in [2.24, 2.45) is 0 Å². The van der Waals surface area contributed by atoms with Crippen LogP contribution in [0, 0.1) is 0 Å². The summed E-state index contributed by atoms with van der Waals surface area (Å²) in [6.07, 6.45) is 18.6. The van der Waals surface area contributed by atoms with Gasteiger partial charge in [-0.15, -0.1) is 0 Å². The van der Waals surface area contributed by atoms with Crippen molar-refractivity contribution in [3.05, 3.63) is 35.3 Å². The zero-order chi connectivity index (χ0) is 22.4. The SMILES string of the molecule is CCCCCCCc1ccc(-c2cc[c]([Sn]([CH2]CCC)([CH2]CCC)[CH2]CCC)cn2)s1. The number of unbranched alkanes of at least 4 members (excludes halogenated alkanes) is 7. The molecule has 2 aromatic rings. The van der Waals surface area contributed by atoms with E-state index in [2.05, 4.69) is 58.2 Å². The topological polar surface area (TPSA) is 12.9 Å². The van der Waals surface area contributed by atoms with E-state index in [-0.39, 0.29) is 0 Å². The van der Waals surface area contributed by atoms with Crippen LogP contribution >= 0.6 is 11.3 Å². The van der Waals surface area contributed by atoms with Crippen molar-refractivity contribution >= 4 is 33.3 Å². The average Bonchev–Trinajstić information content (AvgIpc) is 3.28. The third-order valence-corrected chi connectivity index (χ3v) is 23.6. The summed E-state index contributed by atoms with van der Waals surface area (Å²) in [5.41, 5.74) is 1.19. The van der Waals surface area contributed by atoms with Crippen LogP contribution in [0.25, 0.3) is 10.6 Å². The van der Waals surface area contributed by atoms with Gasteiger partial charge in [0.05, 0.1) is 0 Å². The fraction of sp³-hybridized carbons (Fsp3) is 0.679. The second-order valence-electron chi connectivity index (χ2n) is 9.45. The molecule has 0 amide bonds. The molecule has 0 saturated heterocycles. The summed E-state index contributed by atoms with van der Waals surface area (Å²) < 4.78 is 6.26. The van der Waals surface area contributed by atoms with E-state index in [0.29, 0.717) is 0 Å². The average molecular weight is 548 g/mol. The van der Waals surface area contributed by atoms with Crippen LogP contribution in [0.1, 0.15) is 103 Å². The van der Waals surface area contributed by atoms with Gasteiger partial charge in [-0.25, -0.2) is 0 Å². The van der Waals surface area contributed by atoms with Gasteiger partial charge in [-0.1, -0.05) is 13.3 Å². The summed E-state index contributed by atoms with van der Waals surface area (Å²) in [5, 5.41) is 0. The van der Waals surface area contributed by atoms with Crippen molar-refractivity contribution in [1.29, 1.82) is 0 Å². The van der Waals surface area contributed by atoms with Gasteiger partial charge < -0.3 is 0 Å². The summed E-state index contributed by atoms with van der Waals surface area (Å²) in [5.74, 6) is 0. The van der Waals surface area contributed by atoms with E-state index in [1.165, 1.54) is 106 Å². The van der Waals surface area contributed by atoms with Crippen LogP contribution in [0.15, 0.2) is 30.5 Å². The zero-order valence-corrected chi connectivity index (χ0v) is 24.5. The first-order valence-electron chi connectivity index (χ1n) is 13.2. The zero-order valence-electron chi connectivity index (χ0n) is 20.8. The summed E-state index contributed by atoms with van der Waals surface area (Å²) in [6, 6.07) is 9.49. The Labute approximate surface area is 201 Å². The molecule has 31 heavy (non-hydrogen) atoms. The second kappa shape index (κ2) is 15.5. The molecule has 2 aromatic heterocycles. The minimum atomic E-state index is -2.35. The van der Waals surface area contributed by atoms with Gasteiger partial charge >= 0.3 is 189 Å². The maximum atomic E-state index is 5.04. The van der Waals surface area contributed by atoms with Crippen LogP contribution in [-0.4, -0.2) is 23.4 Å². The fourth-order valence-electron chi connectivity index (χ4n) is 4.76. The predicted octanol–water partition coefficient (Wildman–Crippen LogP) is 9.38. The standard InChI is InChI=1S/C16H20NS.3C4H9.Sn/c1-2-3-4-5-6-9-14-11-12-16(18-14)15-10-7-8-13-17-15;3*1-3-4-2;/h7,10-13H,2-6,9H2,1H3;3*1,3-4H2,2H3;.